The first-order valence-corrected chi connectivity index (χ1v) is 1.90. The van der Waals surface area contributed by atoms with Crippen LogP contribution in [0.2, 0.25) is 0 Å². The van der Waals surface area contributed by atoms with E-state index in [-0.39, 0.29) is 5.88 Å². The standard InChI is InChI=1S/C3H3ClNO/c4-1-2-5-3-6/h2H,1H2. The molecule has 0 saturated heterocycles. The largest absolute Gasteiger partial charge is 0.235 e. The molecule has 0 aliphatic carbocycles. The lowest BCUT2D eigenvalue weighted by Crippen LogP contribution is -1.65. The zero-order chi connectivity index (χ0) is 4.83. The van der Waals surface area contributed by atoms with Gasteiger partial charge in [0.2, 0.25) is 6.08 Å². The number of isocyanates is 1. The average Bonchev–Trinajstić information content (AvgIpc) is 1.61. The van der Waals surface area contributed by atoms with E-state index in [4.69, 9.17) is 11.6 Å². The number of halogens is 1. The molecule has 3 heteroatoms. The molecule has 0 heterocycles. The SMILES string of the molecule is O=C=N[CH]CCl. The molecule has 0 spiro atoms. The Hall–Kier alpha value is -0.330. The Kier molecular flexibility index (Phi) is 4.41. The van der Waals surface area contributed by atoms with Gasteiger partial charge in [-0.1, -0.05) is 0 Å². The zero-order valence-corrected chi connectivity index (χ0v) is 3.77. The molecule has 33 valence electrons. The molecule has 6 heavy (non-hydrogen) atoms. The Bertz CT molecular complexity index is 67.2. The molecule has 0 bridgehead atoms. The second kappa shape index (κ2) is 4.67. The summed E-state index contributed by atoms with van der Waals surface area (Å²) in [6, 6.07) is 0. The van der Waals surface area contributed by atoms with E-state index in [0.717, 1.165) is 0 Å². The van der Waals surface area contributed by atoms with Crippen molar-refractivity contribution in [1.29, 1.82) is 0 Å². The molecule has 0 saturated carbocycles. The van der Waals surface area contributed by atoms with E-state index in [1.54, 1.807) is 0 Å². The predicted molar refractivity (Wildman–Crippen MR) is 23.1 cm³/mol. The Morgan fingerprint density at radius 3 is 2.83 bits per heavy atom. The lowest BCUT2D eigenvalue weighted by Gasteiger charge is -1.68. The summed E-state index contributed by atoms with van der Waals surface area (Å²) in [5.41, 5.74) is 0. The van der Waals surface area contributed by atoms with Crippen molar-refractivity contribution in [3.05, 3.63) is 6.54 Å². The van der Waals surface area contributed by atoms with Crippen LogP contribution in [0.25, 0.3) is 0 Å². The first-order valence-electron chi connectivity index (χ1n) is 1.36. The topological polar surface area (TPSA) is 29.4 Å². The van der Waals surface area contributed by atoms with Crippen LogP contribution in [-0.2, 0) is 4.79 Å². The number of carbonyl (C=O) groups excluding carboxylic acids is 1. The van der Waals surface area contributed by atoms with E-state index in [0.29, 0.717) is 0 Å². The number of aliphatic imine (C=N–C) groups is 1. The maximum atomic E-state index is 9.18. The lowest BCUT2D eigenvalue weighted by atomic mass is 10.8. The summed E-state index contributed by atoms with van der Waals surface area (Å²) in [7, 11) is 0. The van der Waals surface area contributed by atoms with Crippen LogP contribution in [0.5, 0.6) is 0 Å². The van der Waals surface area contributed by atoms with Crippen molar-refractivity contribution in [3.63, 3.8) is 0 Å². The third kappa shape index (κ3) is 3.67. The summed E-state index contributed by atoms with van der Waals surface area (Å²) in [4.78, 5) is 12.2. The first kappa shape index (κ1) is 5.67. The van der Waals surface area contributed by atoms with Crippen LogP contribution in [0, 0.1) is 6.54 Å². The number of hydrogen-bond acceptors (Lipinski definition) is 2. The van der Waals surface area contributed by atoms with E-state index < -0.39 is 0 Å². The van der Waals surface area contributed by atoms with Crippen LogP contribution in [-0.4, -0.2) is 12.0 Å². The second-order valence-electron chi connectivity index (χ2n) is 0.557. The van der Waals surface area contributed by atoms with Crippen molar-refractivity contribution < 1.29 is 4.79 Å². The molecule has 0 aromatic heterocycles. The monoisotopic (exact) mass is 104 g/mol. The molecule has 0 aliphatic heterocycles. The van der Waals surface area contributed by atoms with Gasteiger partial charge in [0.05, 0.1) is 0 Å². The van der Waals surface area contributed by atoms with Crippen LogP contribution in [0.3, 0.4) is 0 Å². The van der Waals surface area contributed by atoms with Crippen LogP contribution in [0.15, 0.2) is 4.99 Å². The van der Waals surface area contributed by atoms with Gasteiger partial charge in [0.15, 0.2) is 0 Å². The predicted octanol–water partition coefficient (Wildman–Crippen LogP) is 0.723. The van der Waals surface area contributed by atoms with E-state index >= 15 is 0 Å². The van der Waals surface area contributed by atoms with Crippen molar-refractivity contribution in [1.82, 2.24) is 0 Å². The number of hydrogen-bond donors (Lipinski definition) is 0. The van der Waals surface area contributed by atoms with E-state index in [1.165, 1.54) is 12.6 Å². The van der Waals surface area contributed by atoms with Gasteiger partial charge in [-0.2, -0.15) is 4.99 Å². The number of alkyl halides is 1. The summed E-state index contributed by atoms with van der Waals surface area (Å²) in [6.45, 7) is 1.27. The summed E-state index contributed by atoms with van der Waals surface area (Å²) < 4.78 is 0. The van der Waals surface area contributed by atoms with Crippen molar-refractivity contribution in [2.45, 2.75) is 0 Å². The molecule has 0 unspecified atom stereocenters. The highest BCUT2D eigenvalue weighted by Gasteiger charge is 1.69. The fourth-order valence-electron chi connectivity index (χ4n) is 0.0718. The summed E-state index contributed by atoms with van der Waals surface area (Å²) in [6.07, 6.45) is 1.30. The van der Waals surface area contributed by atoms with Gasteiger partial charge in [0, 0.05) is 5.88 Å². The molecule has 0 rings (SSSR count). The van der Waals surface area contributed by atoms with Gasteiger partial charge in [-0.25, -0.2) is 4.79 Å². The molecule has 0 aromatic rings. The van der Waals surface area contributed by atoms with Crippen LogP contribution in [0.1, 0.15) is 0 Å². The second-order valence-corrected chi connectivity index (χ2v) is 0.866. The minimum Gasteiger partial charge on any atom is -0.211 e. The molecule has 1 radical (unpaired) electrons. The van der Waals surface area contributed by atoms with Gasteiger partial charge < -0.3 is 0 Å². The molecular weight excluding hydrogens is 101 g/mol. The van der Waals surface area contributed by atoms with Gasteiger partial charge >= 0.3 is 0 Å². The lowest BCUT2D eigenvalue weighted by molar-refractivity contribution is 0.564. The normalized spacial score (nSPS) is 6.83. The highest BCUT2D eigenvalue weighted by Crippen LogP contribution is 1.78. The molecule has 0 N–H and O–H groups in total. The molecule has 2 nitrogen and oxygen atoms in total. The van der Waals surface area contributed by atoms with Gasteiger partial charge in [-0.15, -0.1) is 11.6 Å². The number of rotatable bonds is 2. The van der Waals surface area contributed by atoms with Crippen molar-refractivity contribution in [3.8, 4) is 0 Å². The van der Waals surface area contributed by atoms with Crippen LogP contribution < -0.4 is 0 Å². The number of nitrogens with zero attached hydrogens (tertiary/aromatic N) is 1. The zero-order valence-electron chi connectivity index (χ0n) is 3.02. The maximum absolute atomic E-state index is 9.18. The molecule has 0 amide bonds. The minimum atomic E-state index is 0.273. The Labute approximate surface area is 40.8 Å². The average molecular weight is 105 g/mol. The van der Waals surface area contributed by atoms with Crippen LogP contribution in [0.4, 0.5) is 0 Å². The maximum Gasteiger partial charge on any atom is 0.235 e. The van der Waals surface area contributed by atoms with Gasteiger partial charge in [0.25, 0.3) is 0 Å². The third-order valence-electron chi connectivity index (χ3n) is 0.213. The van der Waals surface area contributed by atoms with Crippen LogP contribution >= 0.6 is 11.6 Å². The summed E-state index contributed by atoms with van der Waals surface area (Å²) in [5.74, 6) is 0.273. The van der Waals surface area contributed by atoms with Gasteiger partial charge in [-0.05, 0) is 0 Å². The summed E-state index contributed by atoms with van der Waals surface area (Å²) in [5, 5.41) is 0. The Morgan fingerprint density at radius 1 is 2.00 bits per heavy atom. The fraction of sp³-hybridized carbons (Fsp3) is 0.333. The summed E-state index contributed by atoms with van der Waals surface area (Å²) >= 11 is 5.05. The quantitative estimate of drug-likeness (QED) is 0.288. The van der Waals surface area contributed by atoms with E-state index in [1.807, 2.05) is 0 Å². The van der Waals surface area contributed by atoms with E-state index in [2.05, 4.69) is 4.99 Å². The van der Waals surface area contributed by atoms with Gasteiger partial charge in [-0.3, -0.25) is 0 Å². The van der Waals surface area contributed by atoms with Gasteiger partial charge in [0.1, 0.15) is 6.54 Å². The third-order valence-corrected chi connectivity index (χ3v) is 0.351. The first-order chi connectivity index (χ1) is 2.91. The molecule has 0 fully saturated rings. The molecule has 0 aromatic carbocycles. The highest BCUT2D eigenvalue weighted by molar-refractivity contribution is 6.18. The van der Waals surface area contributed by atoms with Crippen molar-refractivity contribution in [2.75, 3.05) is 5.88 Å². The van der Waals surface area contributed by atoms with E-state index in [9.17, 15) is 4.79 Å². The Balaban J connectivity index is 2.86. The Morgan fingerprint density at radius 2 is 2.67 bits per heavy atom. The van der Waals surface area contributed by atoms with Crippen molar-refractivity contribution in [2.24, 2.45) is 4.99 Å². The minimum absolute atomic E-state index is 0.273. The molecule has 0 aliphatic rings. The van der Waals surface area contributed by atoms with Crippen molar-refractivity contribution >= 4 is 17.7 Å². The fourth-order valence-corrected chi connectivity index (χ4v) is 0.141. The smallest absolute Gasteiger partial charge is 0.211 e. The molecule has 0 atom stereocenters. The highest BCUT2D eigenvalue weighted by atomic mass is 35.5. The molecular formula is C3H3ClNO.